The fourth-order valence-corrected chi connectivity index (χ4v) is 11.5. The lowest BCUT2D eigenvalue weighted by Crippen LogP contribution is -2.26. The van der Waals surface area contributed by atoms with Gasteiger partial charge in [0.1, 0.15) is 0 Å². The molecule has 0 amide bonds. The fraction of sp³-hybridized carbons (Fsp3) is 0.0159. The van der Waals surface area contributed by atoms with Crippen LogP contribution < -0.4 is 9.80 Å². The number of rotatable bonds is 6. The quantitative estimate of drug-likeness (QED) is 0.156. The molecule has 13 rings (SSSR count). The van der Waals surface area contributed by atoms with Crippen molar-refractivity contribution in [3.63, 3.8) is 0 Å². The zero-order valence-electron chi connectivity index (χ0n) is 36.2. The predicted octanol–water partition coefficient (Wildman–Crippen LogP) is 16.2. The summed E-state index contributed by atoms with van der Waals surface area (Å²) in [7, 11) is 0. The van der Waals surface area contributed by atoms with Crippen molar-refractivity contribution < 1.29 is 0 Å². The third-order valence-corrected chi connectivity index (χ3v) is 14.0. The van der Waals surface area contributed by atoms with Crippen molar-refractivity contribution in [3.05, 3.63) is 264 Å². The van der Waals surface area contributed by atoms with Gasteiger partial charge >= 0.3 is 0 Å². The van der Waals surface area contributed by atoms with Gasteiger partial charge < -0.3 is 9.80 Å². The van der Waals surface area contributed by atoms with Crippen LogP contribution in [0.25, 0.3) is 54.6 Å². The van der Waals surface area contributed by atoms with E-state index in [4.69, 9.17) is 0 Å². The van der Waals surface area contributed by atoms with E-state index in [1.165, 1.54) is 60.7 Å². The summed E-state index contributed by atoms with van der Waals surface area (Å²) in [6.45, 7) is 0. The third-order valence-electron chi connectivity index (χ3n) is 14.0. The van der Waals surface area contributed by atoms with Gasteiger partial charge in [0, 0.05) is 33.8 Å². The summed E-state index contributed by atoms with van der Waals surface area (Å²) in [6.07, 6.45) is 0. The van der Waals surface area contributed by atoms with E-state index in [9.17, 15) is 10.5 Å². The molecule has 11 aromatic rings. The summed E-state index contributed by atoms with van der Waals surface area (Å²) in [6, 6.07) is 86.8. The second kappa shape index (κ2) is 14.9. The van der Waals surface area contributed by atoms with E-state index in [1.54, 1.807) is 0 Å². The normalized spacial score (nSPS) is 12.6. The minimum Gasteiger partial charge on any atom is -0.310 e. The summed E-state index contributed by atoms with van der Waals surface area (Å²) in [5.41, 5.74) is 16.4. The Bertz CT molecular complexity index is 3870. The average Bonchev–Trinajstić information content (AvgIpc) is 3.87. The average molecular weight is 851 g/mol. The van der Waals surface area contributed by atoms with E-state index >= 15 is 0 Å². The molecule has 4 nitrogen and oxygen atoms in total. The summed E-state index contributed by atoms with van der Waals surface area (Å²) in [5.74, 6) is 0. The molecule has 2 aliphatic rings. The Morgan fingerprint density at radius 2 is 0.791 bits per heavy atom. The minimum absolute atomic E-state index is 0.604. The Balaban J connectivity index is 1.19. The minimum atomic E-state index is -0.682. The zero-order valence-corrected chi connectivity index (χ0v) is 36.2. The molecule has 0 saturated heterocycles. The van der Waals surface area contributed by atoms with Gasteiger partial charge in [-0.1, -0.05) is 152 Å². The van der Waals surface area contributed by atoms with Gasteiger partial charge in [0.2, 0.25) is 0 Å². The number of nitrogens with zero attached hydrogens (tertiary/aromatic N) is 4. The summed E-state index contributed by atoms with van der Waals surface area (Å²) in [4.78, 5) is 4.58. The molecule has 0 heterocycles. The third kappa shape index (κ3) is 5.51. The van der Waals surface area contributed by atoms with Crippen LogP contribution >= 0.6 is 0 Å². The smallest absolute Gasteiger partial charge is 0.0992 e. The van der Waals surface area contributed by atoms with Crippen LogP contribution in [0.15, 0.2) is 231 Å². The van der Waals surface area contributed by atoms with Gasteiger partial charge in [-0.3, -0.25) is 0 Å². The van der Waals surface area contributed by atoms with Crippen molar-refractivity contribution in [1.29, 1.82) is 10.5 Å². The number of anilines is 6. The molecule has 0 N–H and O–H groups in total. The maximum absolute atomic E-state index is 10.2. The Morgan fingerprint density at radius 3 is 1.42 bits per heavy atom. The first kappa shape index (κ1) is 38.3. The number of hydrogen-bond acceptors (Lipinski definition) is 4. The van der Waals surface area contributed by atoms with Gasteiger partial charge in [-0.2, -0.15) is 10.5 Å². The molecule has 67 heavy (non-hydrogen) atoms. The molecule has 2 aliphatic carbocycles. The SMILES string of the molecule is N#Cc1cccc(N(c2ccccc2)c2ccc3c4c(c5ccccc5c3c2)-c2cc(N(c3ccccc3)c3cccc(C#N)c3)c3ccccc3c2C42c3ccccc3-c3ccccc32)c1. The number of benzene rings is 11. The monoisotopic (exact) mass is 850 g/mol. The Kier molecular flexibility index (Phi) is 8.52. The highest BCUT2D eigenvalue weighted by Gasteiger charge is 2.54. The highest BCUT2D eigenvalue weighted by Crippen LogP contribution is 2.67. The van der Waals surface area contributed by atoms with E-state index in [2.05, 4.69) is 204 Å². The number of fused-ring (bicyclic) bond motifs is 17. The van der Waals surface area contributed by atoms with Crippen LogP contribution in [0.4, 0.5) is 34.1 Å². The molecular formula is C63H38N4. The van der Waals surface area contributed by atoms with Crippen molar-refractivity contribution in [2.24, 2.45) is 0 Å². The van der Waals surface area contributed by atoms with E-state index in [0.29, 0.717) is 11.1 Å². The van der Waals surface area contributed by atoms with Gasteiger partial charge in [0.05, 0.1) is 34.4 Å². The maximum Gasteiger partial charge on any atom is 0.0992 e. The number of hydrogen-bond donors (Lipinski definition) is 0. The molecular weight excluding hydrogens is 813 g/mol. The van der Waals surface area contributed by atoms with Gasteiger partial charge in [-0.15, -0.1) is 0 Å². The van der Waals surface area contributed by atoms with Gasteiger partial charge in [0.25, 0.3) is 0 Å². The molecule has 0 radical (unpaired) electrons. The van der Waals surface area contributed by atoms with Crippen LogP contribution in [0.3, 0.4) is 0 Å². The Morgan fingerprint density at radius 1 is 0.313 bits per heavy atom. The molecule has 0 atom stereocenters. The second-order valence-electron chi connectivity index (χ2n) is 17.4. The first-order valence-electron chi connectivity index (χ1n) is 22.6. The molecule has 11 aromatic carbocycles. The first-order chi connectivity index (χ1) is 33.2. The van der Waals surface area contributed by atoms with Crippen molar-refractivity contribution in [2.45, 2.75) is 5.41 Å². The van der Waals surface area contributed by atoms with Gasteiger partial charge in [-0.05, 0) is 150 Å². The van der Waals surface area contributed by atoms with Gasteiger partial charge in [-0.25, -0.2) is 0 Å². The van der Waals surface area contributed by atoms with E-state index in [1.807, 2.05) is 48.5 Å². The lowest BCUT2D eigenvalue weighted by atomic mass is 9.68. The summed E-state index contributed by atoms with van der Waals surface area (Å²) >= 11 is 0. The lowest BCUT2D eigenvalue weighted by Gasteiger charge is -2.34. The molecule has 0 aliphatic heterocycles. The number of nitriles is 2. The predicted molar refractivity (Wildman–Crippen MR) is 274 cm³/mol. The molecule has 4 heteroatoms. The lowest BCUT2D eigenvalue weighted by molar-refractivity contribution is 0.809. The van der Waals surface area contributed by atoms with Crippen LogP contribution in [0.5, 0.6) is 0 Å². The molecule has 0 aromatic heterocycles. The van der Waals surface area contributed by atoms with Crippen molar-refractivity contribution >= 4 is 66.4 Å². The van der Waals surface area contributed by atoms with Crippen molar-refractivity contribution in [1.82, 2.24) is 0 Å². The topological polar surface area (TPSA) is 54.1 Å². The zero-order chi connectivity index (χ0) is 44.6. The molecule has 1 spiro atoms. The summed E-state index contributed by atoms with van der Waals surface area (Å²) < 4.78 is 0. The number of para-hydroxylation sites is 2. The van der Waals surface area contributed by atoms with Crippen molar-refractivity contribution in [3.8, 4) is 34.4 Å². The Hall–Kier alpha value is -9.22. The second-order valence-corrected chi connectivity index (χ2v) is 17.4. The van der Waals surface area contributed by atoms with E-state index in [0.717, 1.165) is 50.3 Å². The van der Waals surface area contributed by atoms with Crippen LogP contribution in [0.1, 0.15) is 33.4 Å². The van der Waals surface area contributed by atoms with Gasteiger partial charge in [0.15, 0.2) is 0 Å². The van der Waals surface area contributed by atoms with E-state index < -0.39 is 5.41 Å². The van der Waals surface area contributed by atoms with Crippen LogP contribution in [-0.4, -0.2) is 0 Å². The standard InChI is InChI=1S/C63H38N4/c64-39-41-17-15-23-45(35-41)66(43-19-3-1-4-20-43)47-33-34-54-55(37-47)48-25-7-9-29-52(48)60-56-38-59(67(44-21-5-2-6-22-44)46-24-16-18-42(36-46)40-65)51-28-8-10-30-53(51)61(56)63(62(54)60)57-31-13-11-26-49(57)50-27-12-14-32-58(50)63/h1-38H. The Labute approximate surface area is 388 Å². The largest absolute Gasteiger partial charge is 0.310 e. The maximum atomic E-state index is 10.2. The highest BCUT2D eigenvalue weighted by atomic mass is 15.1. The van der Waals surface area contributed by atoms with Crippen LogP contribution in [0, 0.1) is 22.7 Å². The molecule has 0 unspecified atom stereocenters. The van der Waals surface area contributed by atoms with Crippen LogP contribution in [-0.2, 0) is 5.41 Å². The van der Waals surface area contributed by atoms with E-state index in [-0.39, 0.29) is 0 Å². The molecule has 0 bridgehead atoms. The molecule has 0 fully saturated rings. The molecule has 310 valence electrons. The summed E-state index contributed by atoms with van der Waals surface area (Å²) in [5, 5.41) is 27.2. The first-order valence-corrected chi connectivity index (χ1v) is 22.6. The molecule has 0 saturated carbocycles. The highest BCUT2D eigenvalue weighted by molar-refractivity contribution is 6.23. The van der Waals surface area contributed by atoms with Crippen molar-refractivity contribution in [2.75, 3.05) is 9.80 Å². The van der Waals surface area contributed by atoms with Crippen LogP contribution in [0.2, 0.25) is 0 Å². The fourth-order valence-electron chi connectivity index (χ4n) is 11.5.